The third-order valence-corrected chi connectivity index (χ3v) is 6.79. The third-order valence-electron chi connectivity index (χ3n) is 5.26. The molecule has 0 aliphatic heterocycles. The number of pyridine rings is 2. The van der Waals surface area contributed by atoms with Gasteiger partial charge < -0.3 is 0 Å². The summed E-state index contributed by atoms with van der Waals surface area (Å²) in [6.07, 6.45) is -2.33. The number of aromatic nitrogens is 3. The molecule has 1 aromatic carbocycles. The molecular formula is C23H17F4N5O2S. The highest BCUT2D eigenvalue weighted by atomic mass is 32.2. The van der Waals surface area contributed by atoms with Gasteiger partial charge in [-0.1, -0.05) is 12.1 Å². The highest BCUT2D eigenvalue weighted by molar-refractivity contribution is 7.89. The van der Waals surface area contributed by atoms with Gasteiger partial charge in [0.1, 0.15) is 28.5 Å². The van der Waals surface area contributed by atoms with Crippen LogP contribution in [0, 0.1) is 24.1 Å². The molecule has 7 nitrogen and oxygen atoms in total. The molecule has 4 aromatic rings. The first-order valence-corrected chi connectivity index (χ1v) is 11.6. The summed E-state index contributed by atoms with van der Waals surface area (Å²) in [5, 5.41) is 10.4. The van der Waals surface area contributed by atoms with Crippen molar-refractivity contribution in [3.05, 3.63) is 71.8 Å². The van der Waals surface area contributed by atoms with Gasteiger partial charge >= 0.3 is 6.18 Å². The van der Waals surface area contributed by atoms with E-state index in [0.717, 1.165) is 17.8 Å². The second kappa shape index (κ2) is 8.75. The zero-order chi connectivity index (χ0) is 25.5. The maximum absolute atomic E-state index is 14.8. The second-order valence-electron chi connectivity index (χ2n) is 7.77. The Morgan fingerprint density at radius 1 is 1.11 bits per heavy atom. The summed E-state index contributed by atoms with van der Waals surface area (Å²) in [7, 11) is -4.53. The van der Waals surface area contributed by atoms with Gasteiger partial charge in [-0.2, -0.15) is 23.2 Å². The van der Waals surface area contributed by atoms with Crippen molar-refractivity contribution in [2.24, 2.45) is 0 Å². The molecule has 180 valence electrons. The van der Waals surface area contributed by atoms with Crippen LogP contribution in [0.4, 0.5) is 17.6 Å². The lowest BCUT2D eigenvalue weighted by Crippen LogP contribution is -2.42. The van der Waals surface area contributed by atoms with Crippen LogP contribution < -0.4 is 4.72 Å². The molecular weight excluding hydrogens is 486 g/mol. The summed E-state index contributed by atoms with van der Waals surface area (Å²) in [6, 6.07) is 9.62. The Morgan fingerprint density at radius 3 is 2.43 bits per heavy atom. The van der Waals surface area contributed by atoms with Gasteiger partial charge in [-0.3, -0.25) is 9.55 Å². The van der Waals surface area contributed by atoms with Gasteiger partial charge in [-0.05, 0) is 49.7 Å². The molecule has 0 saturated heterocycles. The van der Waals surface area contributed by atoms with Crippen LogP contribution in [-0.4, -0.2) is 35.2 Å². The normalized spacial score (nSPS) is 13.1. The van der Waals surface area contributed by atoms with Crippen LogP contribution in [0.2, 0.25) is 0 Å². The van der Waals surface area contributed by atoms with Crippen molar-refractivity contribution in [2.75, 3.05) is 0 Å². The number of para-hydroxylation sites is 1. The van der Waals surface area contributed by atoms with E-state index in [1.807, 2.05) is 0 Å². The third kappa shape index (κ3) is 4.48. The monoisotopic (exact) mass is 503 g/mol. The molecule has 1 N–H and O–H groups in total. The molecule has 35 heavy (non-hydrogen) atoms. The number of nitriles is 1. The van der Waals surface area contributed by atoms with Gasteiger partial charge in [0, 0.05) is 17.8 Å². The van der Waals surface area contributed by atoms with Crippen molar-refractivity contribution in [2.45, 2.75) is 31.0 Å². The van der Waals surface area contributed by atoms with E-state index in [2.05, 4.69) is 16.0 Å². The topological polar surface area (TPSA) is 101 Å². The maximum atomic E-state index is 14.8. The minimum Gasteiger partial charge on any atom is -0.288 e. The molecule has 0 aliphatic rings. The van der Waals surface area contributed by atoms with Crippen molar-refractivity contribution in [3.63, 3.8) is 0 Å². The molecule has 0 amide bonds. The fourth-order valence-electron chi connectivity index (χ4n) is 3.54. The zero-order valence-electron chi connectivity index (χ0n) is 18.3. The molecule has 0 saturated carbocycles. The van der Waals surface area contributed by atoms with Crippen LogP contribution in [-0.2, 0) is 10.0 Å². The van der Waals surface area contributed by atoms with Gasteiger partial charge in [0.05, 0.1) is 22.6 Å². The smallest absolute Gasteiger partial charge is 0.288 e. The second-order valence-corrected chi connectivity index (χ2v) is 9.48. The van der Waals surface area contributed by atoms with Crippen molar-refractivity contribution in [1.29, 1.82) is 5.26 Å². The van der Waals surface area contributed by atoms with E-state index in [9.17, 15) is 31.2 Å². The van der Waals surface area contributed by atoms with Crippen molar-refractivity contribution in [3.8, 4) is 23.1 Å². The minimum absolute atomic E-state index is 0.0875. The number of hydrogen-bond acceptors (Lipinski definition) is 5. The number of fused-ring (bicyclic) bond motifs is 1. The fraction of sp³-hybridized carbons (Fsp3) is 0.174. The van der Waals surface area contributed by atoms with Crippen LogP contribution in [0.1, 0.15) is 18.1 Å². The molecule has 1 atom stereocenters. The molecule has 0 aliphatic carbocycles. The Kier molecular flexibility index (Phi) is 6.08. The molecule has 0 unspecified atom stereocenters. The van der Waals surface area contributed by atoms with E-state index < -0.39 is 33.0 Å². The molecule has 3 aromatic heterocycles. The van der Waals surface area contributed by atoms with Crippen molar-refractivity contribution in [1.82, 2.24) is 19.3 Å². The van der Waals surface area contributed by atoms with E-state index in [-0.39, 0.29) is 28.3 Å². The molecule has 0 radical (unpaired) electrons. The van der Waals surface area contributed by atoms with E-state index in [4.69, 9.17) is 0 Å². The summed E-state index contributed by atoms with van der Waals surface area (Å²) in [5.41, 5.74) is 1.52. The Hall–Kier alpha value is -3.82. The number of hydrogen-bond donors (Lipinski definition) is 1. The number of benzene rings is 1. The highest BCUT2D eigenvalue weighted by Gasteiger charge is 2.39. The summed E-state index contributed by atoms with van der Waals surface area (Å²) in [5.74, 6) is -0.595. The van der Waals surface area contributed by atoms with Crippen LogP contribution in [0.5, 0.6) is 0 Å². The number of rotatable bonds is 5. The van der Waals surface area contributed by atoms with Gasteiger partial charge in [-0.15, -0.1) is 0 Å². The number of sulfonamides is 1. The van der Waals surface area contributed by atoms with Crippen LogP contribution in [0.15, 0.2) is 59.8 Å². The molecule has 0 bridgehead atoms. The lowest BCUT2D eigenvalue weighted by molar-refractivity contribution is -0.147. The number of aryl methyl sites for hydroxylation is 1. The summed E-state index contributed by atoms with van der Waals surface area (Å²) < 4.78 is 81.0. The molecule has 3 heterocycles. The number of nitrogens with zero attached hydrogens (tertiary/aromatic N) is 4. The number of nitrogens with one attached hydrogen (secondary N) is 1. The predicted molar refractivity (Wildman–Crippen MR) is 120 cm³/mol. The van der Waals surface area contributed by atoms with Crippen molar-refractivity contribution < 1.29 is 26.0 Å². The predicted octanol–water partition coefficient (Wildman–Crippen LogP) is 4.64. The number of halogens is 4. The Morgan fingerprint density at radius 2 is 1.83 bits per heavy atom. The first-order valence-electron chi connectivity index (χ1n) is 10.2. The summed E-state index contributed by atoms with van der Waals surface area (Å²) >= 11 is 0. The fourth-order valence-corrected chi connectivity index (χ4v) is 4.71. The Balaban J connectivity index is 1.90. The van der Waals surface area contributed by atoms with Gasteiger partial charge in [-0.25, -0.2) is 17.8 Å². The maximum Gasteiger partial charge on any atom is 0.404 e. The van der Waals surface area contributed by atoms with E-state index >= 15 is 0 Å². The lowest BCUT2D eigenvalue weighted by atomic mass is 10.1. The number of alkyl halides is 3. The average molecular weight is 503 g/mol. The zero-order valence-corrected chi connectivity index (χ0v) is 19.1. The van der Waals surface area contributed by atoms with E-state index in [1.165, 1.54) is 28.8 Å². The van der Waals surface area contributed by atoms with Gasteiger partial charge in [0.2, 0.25) is 10.0 Å². The molecule has 12 heteroatoms. The first kappa shape index (κ1) is 24.3. The highest BCUT2D eigenvalue weighted by Crippen LogP contribution is 2.35. The van der Waals surface area contributed by atoms with Crippen LogP contribution in [0.3, 0.4) is 0 Å². The SMILES string of the molecule is Cc1cnc2c(c1)c(C#N)c(-c1ccc(S(=O)(=O)N[C@@H](C)C(F)(F)F)cn1)n2-c1ccccc1F. The van der Waals surface area contributed by atoms with Crippen LogP contribution in [0.25, 0.3) is 28.1 Å². The summed E-state index contributed by atoms with van der Waals surface area (Å²) in [6.45, 7) is 2.46. The Labute approximate surface area is 197 Å². The van der Waals surface area contributed by atoms with E-state index in [1.54, 1.807) is 30.0 Å². The molecule has 0 fully saturated rings. The quantitative estimate of drug-likeness (QED) is 0.400. The Bertz CT molecular complexity index is 1570. The standard InChI is InChI=1S/C23H17F4N5O2S/c1-13-9-16-17(10-28)21(32(22(16)30-11-13)20-6-4-3-5-18(20)24)19-8-7-15(12-29-19)35(33,34)31-14(2)23(25,26)27/h3-9,11-12,14,31H,1-2H3/t14-/m0/s1. The largest absolute Gasteiger partial charge is 0.404 e. The van der Waals surface area contributed by atoms with Crippen LogP contribution >= 0.6 is 0 Å². The lowest BCUT2D eigenvalue weighted by Gasteiger charge is -2.17. The van der Waals surface area contributed by atoms with E-state index in [0.29, 0.717) is 12.3 Å². The molecule has 4 rings (SSSR count). The summed E-state index contributed by atoms with van der Waals surface area (Å²) in [4.78, 5) is 7.97. The van der Waals surface area contributed by atoms with Gasteiger partial charge in [0.25, 0.3) is 0 Å². The molecule has 0 spiro atoms. The van der Waals surface area contributed by atoms with Crippen molar-refractivity contribution >= 4 is 21.1 Å². The average Bonchev–Trinajstić information content (AvgIpc) is 3.11. The van der Waals surface area contributed by atoms with Gasteiger partial charge in [0.15, 0.2) is 0 Å². The minimum atomic E-state index is -4.77. The first-order chi connectivity index (χ1) is 16.4.